The zero-order valence-electron chi connectivity index (χ0n) is 12.0. The van der Waals surface area contributed by atoms with Crippen molar-refractivity contribution >= 4 is 33.4 Å². The van der Waals surface area contributed by atoms with Gasteiger partial charge < -0.3 is 4.74 Å². The molecule has 22 heavy (non-hydrogen) atoms. The molecule has 0 fully saturated rings. The van der Waals surface area contributed by atoms with Gasteiger partial charge in [0.25, 0.3) is 5.69 Å². The molecule has 1 aromatic rings. The number of benzene rings is 1. The monoisotopic (exact) mass is 348 g/mol. The summed E-state index contributed by atoms with van der Waals surface area (Å²) >= 11 is 1.45. The molecular weight excluding hydrogens is 332 g/mol. The number of sulfonamides is 1. The van der Waals surface area contributed by atoms with Crippen LogP contribution in [0, 0.1) is 10.1 Å². The van der Waals surface area contributed by atoms with Crippen LogP contribution in [0.4, 0.5) is 5.69 Å². The van der Waals surface area contributed by atoms with Crippen LogP contribution >= 0.6 is 11.8 Å². The Morgan fingerprint density at radius 3 is 2.73 bits per heavy atom. The molecule has 0 heterocycles. The lowest BCUT2D eigenvalue weighted by molar-refractivity contribution is -0.385. The van der Waals surface area contributed by atoms with Crippen LogP contribution in [0.1, 0.15) is 6.42 Å². The molecule has 0 aliphatic carbocycles. The van der Waals surface area contributed by atoms with E-state index in [1.54, 1.807) is 0 Å². The van der Waals surface area contributed by atoms with Crippen molar-refractivity contribution in [2.75, 3.05) is 19.1 Å². The van der Waals surface area contributed by atoms with Crippen LogP contribution in [-0.4, -0.2) is 44.5 Å². The number of carbonyl (C=O) groups excluding carboxylic acids is 1. The predicted octanol–water partition coefficient (Wildman–Crippen LogP) is 1.17. The van der Waals surface area contributed by atoms with Gasteiger partial charge >= 0.3 is 5.97 Å². The van der Waals surface area contributed by atoms with Gasteiger partial charge in [0.2, 0.25) is 10.0 Å². The van der Waals surface area contributed by atoms with Crippen LogP contribution in [0.2, 0.25) is 0 Å². The number of hydrogen-bond acceptors (Lipinski definition) is 7. The Labute approximate surface area is 132 Å². The number of ether oxygens (including phenoxy) is 1. The van der Waals surface area contributed by atoms with E-state index in [1.165, 1.54) is 30.0 Å². The number of thioether (sulfide) groups is 1. The Morgan fingerprint density at radius 1 is 1.50 bits per heavy atom. The molecule has 1 aromatic carbocycles. The van der Waals surface area contributed by atoms with Crippen molar-refractivity contribution in [2.24, 2.45) is 0 Å². The Kier molecular flexibility index (Phi) is 6.78. The van der Waals surface area contributed by atoms with Crippen LogP contribution in [0.25, 0.3) is 0 Å². The summed E-state index contributed by atoms with van der Waals surface area (Å²) in [6, 6.07) is 3.57. The number of rotatable bonds is 8. The first-order valence-corrected chi connectivity index (χ1v) is 9.03. The standard InChI is InChI=1S/C12H16N2O6S2/c1-20-12(15)11(6-7-21-2)13-22(18,19)10-5-3-4-9(8-10)14(16)17/h3-5,8,11,13H,6-7H2,1-2H3. The zero-order valence-corrected chi connectivity index (χ0v) is 13.6. The number of carbonyl (C=O) groups is 1. The molecule has 0 saturated heterocycles. The van der Waals surface area contributed by atoms with Crippen molar-refractivity contribution in [3.63, 3.8) is 0 Å². The van der Waals surface area contributed by atoms with Gasteiger partial charge in [0.1, 0.15) is 6.04 Å². The van der Waals surface area contributed by atoms with Gasteiger partial charge in [-0.1, -0.05) is 6.07 Å². The third-order valence-corrected chi connectivity index (χ3v) is 4.85. The van der Waals surface area contributed by atoms with E-state index in [2.05, 4.69) is 9.46 Å². The molecule has 0 bridgehead atoms. The van der Waals surface area contributed by atoms with Gasteiger partial charge in [0, 0.05) is 12.1 Å². The zero-order chi connectivity index (χ0) is 16.8. The van der Waals surface area contributed by atoms with Gasteiger partial charge in [0.05, 0.1) is 16.9 Å². The lowest BCUT2D eigenvalue weighted by atomic mass is 10.2. The summed E-state index contributed by atoms with van der Waals surface area (Å²) in [5.74, 6) is -0.153. The lowest BCUT2D eigenvalue weighted by Gasteiger charge is -2.16. The fourth-order valence-electron chi connectivity index (χ4n) is 1.62. The third kappa shape index (κ3) is 4.97. The van der Waals surface area contributed by atoms with Gasteiger partial charge in [-0.15, -0.1) is 0 Å². The highest BCUT2D eigenvalue weighted by atomic mass is 32.2. The van der Waals surface area contributed by atoms with E-state index in [0.717, 1.165) is 13.2 Å². The van der Waals surface area contributed by atoms with Crippen LogP contribution in [-0.2, 0) is 19.6 Å². The fourth-order valence-corrected chi connectivity index (χ4v) is 3.35. The summed E-state index contributed by atoms with van der Waals surface area (Å²) < 4.78 is 31.3. The molecule has 0 radical (unpaired) electrons. The number of nitrogens with zero attached hydrogens (tertiary/aromatic N) is 1. The second kappa shape index (κ2) is 8.11. The molecule has 0 aliphatic rings. The summed E-state index contributed by atoms with van der Waals surface area (Å²) in [4.78, 5) is 21.4. The Bertz CT molecular complexity index is 647. The molecular formula is C12H16N2O6S2. The summed E-state index contributed by atoms with van der Waals surface area (Å²) in [5, 5.41) is 10.7. The van der Waals surface area contributed by atoms with Crippen molar-refractivity contribution in [3.8, 4) is 0 Å². The number of nitro groups is 1. The maximum absolute atomic E-state index is 12.3. The minimum absolute atomic E-state index is 0.252. The van der Waals surface area contributed by atoms with Gasteiger partial charge in [-0.3, -0.25) is 14.9 Å². The summed E-state index contributed by atoms with van der Waals surface area (Å²) in [6.07, 6.45) is 2.07. The van der Waals surface area contributed by atoms with Gasteiger partial charge in [0.15, 0.2) is 0 Å². The molecule has 0 saturated carbocycles. The Morgan fingerprint density at radius 2 is 2.18 bits per heavy atom. The number of non-ortho nitro benzene ring substituents is 1. The SMILES string of the molecule is COC(=O)C(CCSC)NS(=O)(=O)c1cccc([N+](=O)[O-])c1. The van der Waals surface area contributed by atoms with Crippen molar-refractivity contribution in [1.82, 2.24) is 4.72 Å². The highest BCUT2D eigenvalue weighted by Crippen LogP contribution is 2.18. The van der Waals surface area contributed by atoms with E-state index in [1.807, 2.05) is 6.26 Å². The van der Waals surface area contributed by atoms with E-state index in [0.29, 0.717) is 5.75 Å². The average Bonchev–Trinajstić information content (AvgIpc) is 2.50. The molecule has 0 spiro atoms. The Hall–Kier alpha value is -1.65. The quantitative estimate of drug-likeness (QED) is 0.426. The van der Waals surface area contributed by atoms with Crippen molar-refractivity contribution in [2.45, 2.75) is 17.4 Å². The molecule has 1 N–H and O–H groups in total. The molecule has 122 valence electrons. The lowest BCUT2D eigenvalue weighted by Crippen LogP contribution is -2.41. The number of methoxy groups -OCH3 is 1. The first-order chi connectivity index (χ1) is 10.3. The van der Waals surface area contributed by atoms with Crippen LogP contribution in [0.15, 0.2) is 29.2 Å². The first kappa shape index (κ1) is 18.4. The van der Waals surface area contributed by atoms with Gasteiger partial charge in [-0.25, -0.2) is 8.42 Å². The van der Waals surface area contributed by atoms with Gasteiger partial charge in [-0.05, 0) is 24.5 Å². The largest absolute Gasteiger partial charge is 0.468 e. The van der Waals surface area contributed by atoms with E-state index in [9.17, 15) is 23.3 Å². The first-order valence-electron chi connectivity index (χ1n) is 6.15. The summed E-state index contributed by atoms with van der Waals surface area (Å²) in [6.45, 7) is 0. The smallest absolute Gasteiger partial charge is 0.323 e. The van der Waals surface area contributed by atoms with E-state index in [4.69, 9.17) is 0 Å². The second-order valence-electron chi connectivity index (χ2n) is 4.23. The maximum Gasteiger partial charge on any atom is 0.323 e. The molecule has 0 amide bonds. The maximum atomic E-state index is 12.3. The van der Waals surface area contributed by atoms with Gasteiger partial charge in [-0.2, -0.15) is 16.5 Å². The van der Waals surface area contributed by atoms with Crippen LogP contribution in [0.3, 0.4) is 0 Å². The van der Waals surface area contributed by atoms with Crippen molar-refractivity contribution in [1.29, 1.82) is 0 Å². The normalized spacial score (nSPS) is 12.6. The van der Waals surface area contributed by atoms with Crippen molar-refractivity contribution in [3.05, 3.63) is 34.4 Å². The average molecular weight is 348 g/mol. The molecule has 0 aromatic heterocycles. The predicted molar refractivity (Wildman–Crippen MR) is 82.2 cm³/mol. The molecule has 8 nitrogen and oxygen atoms in total. The fraction of sp³-hybridized carbons (Fsp3) is 0.417. The molecule has 0 aliphatic heterocycles. The second-order valence-corrected chi connectivity index (χ2v) is 6.93. The van der Waals surface area contributed by atoms with E-state index in [-0.39, 0.29) is 17.0 Å². The minimum atomic E-state index is -4.07. The van der Waals surface area contributed by atoms with E-state index >= 15 is 0 Å². The van der Waals surface area contributed by atoms with Crippen molar-refractivity contribution < 1.29 is 22.9 Å². The molecule has 1 rings (SSSR count). The summed E-state index contributed by atoms with van der Waals surface area (Å²) in [7, 11) is -2.90. The highest BCUT2D eigenvalue weighted by Gasteiger charge is 2.27. The molecule has 10 heteroatoms. The minimum Gasteiger partial charge on any atom is -0.468 e. The third-order valence-electron chi connectivity index (χ3n) is 2.73. The van der Waals surface area contributed by atoms with Crippen LogP contribution < -0.4 is 4.72 Å². The number of esters is 1. The number of nitrogens with one attached hydrogen (secondary N) is 1. The van der Waals surface area contributed by atoms with E-state index < -0.39 is 27.0 Å². The Balaban J connectivity index is 3.03. The summed E-state index contributed by atoms with van der Waals surface area (Å²) in [5.41, 5.74) is -0.346. The molecule has 1 unspecified atom stereocenters. The molecule has 1 atom stereocenters. The number of nitro benzene ring substituents is 1. The topological polar surface area (TPSA) is 116 Å². The number of hydrogen-bond donors (Lipinski definition) is 1. The van der Waals surface area contributed by atoms with Crippen LogP contribution in [0.5, 0.6) is 0 Å². The highest BCUT2D eigenvalue weighted by molar-refractivity contribution is 7.98.